The fourth-order valence-corrected chi connectivity index (χ4v) is 1.41. The number of nitro groups is 1. The van der Waals surface area contributed by atoms with Crippen LogP contribution in [0.2, 0.25) is 0 Å². The Bertz CT molecular complexity index is 748. The fourth-order valence-electron chi connectivity index (χ4n) is 1.41. The SMILES string of the molecule is O=C(N/N=C/c1cccc([N+](=O)[O-])c1)c1ccc(=O)[nH]n1. The van der Waals surface area contributed by atoms with Crippen LogP contribution >= 0.6 is 0 Å². The molecule has 2 aromatic rings. The molecule has 9 nitrogen and oxygen atoms in total. The molecule has 0 radical (unpaired) electrons. The summed E-state index contributed by atoms with van der Waals surface area (Å²) in [6.45, 7) is 0. The van der Waals surface area contributed by atoms with Gasteiger partial charge in [-0.3, -0.25) is 19.7 Å². The Morgan fingerprint density at radius 3 is 2.86 bits per heavy atom. The number of non-ortho nitro benzene ring substituents is 1. The molecule has 9 heteroatoms. The summed E-state index contributed by atoms with van der Waals surface area (Å²) in [4.78, 5) is 32.5. The number of nitrogens with one attached hydrogen (secondary N) is 2. The molecule has 21 heavy (non-hydrogen) atoms. The topological polar surface area (TPSA) is 130 Å². The number of amides is 1. The average molecular weight is 287 g/mol. The molecular formula is C12H9N5O4. The first kappa shape index (κ1) is 14.1. The van der Waals surface area contributed by atoms with Crippen LogP contribution in [0.3, 0.4) is 0 Å². The number of nitro benzene ring substituents is 1. The highest BCUT2D eigenvalue weighted by Crippen LogP contribution is 2.11. The standard InChI is InChI=1S/C12H9N5O4/c18-11-5-4-10(14-15-11)12(19)16-13-7-8-2-1-3-9(6-8)17(20)21/h1-7H,(H,15,18)(H,16,19)/b13-7+. The van der Waals surface area contributed by atoms with Crippen molar-refractivity contribution in [2.45, 2.75) is 0 Å². The first-order valence-corrected chi connectivity index (χ1v) is 5.70. The lowest BCUT2D eigenvalue weighted by atomic mass is 10.2. The van der Waals surface area contributed by atoms with Crippen molar-refractivity contribution in [3.05, 3.63) is 68.1 Å². The van der Waals surface area contributed by atoms with Gasteiger partial charge in [0.15, 0.2) is 5.69 Å². The van der Waals surface area contributed by atoms with Crippen molar-refractivity contribution in [1.82, 2.24) is 15.6 Å². The molecule has 2 N–H and O–H groups in total. The van der Waals surface area contributed by atoms with Crippen molar-refractivity contribution in [3.63, 3.8) is 0 Å². The second-order valence-corrected chi connectivity index (χ2v) is 3.86. The lowest BCUT2D eigenvalue weighted by Crippen LogP contribution is -2.21. The summed E-state index contributed by atoms with van der Waals surface area (Å²) in [6, 6.07) is 8.17. The minimum atomic E-state index is -0.618. The molecule has 0 atom stereocenters. The average Bonchev–Trinajstić information content (AvgIpc) is 2.48. The van der Waals surface area contributed by atoms with Crippen molar-refractivity contribution in [3.8, 4) is 0 Å². The molecule has 0 aliphatic heterocycles. The Hall–Kier alpha value is -3.36. The van der Waals surface area contributed by atoms with Crippen molar-refractivity contribution >= 4 is 17.8 Å². The molecule has 0 bridgehead atoms. The van der Waals surface area contributed by atoms with E-state index >= 15 is 0 Å². The maximum Gasteiger partial charge on any atom is 0.291 e. The van der Waals surface area contributed by atoms with Crippen LogP contribution in [0.25, 0.3) is 0 Å². The summed E-state index contributed by atoms with van der Waals surface area (Å²) in [5.41, 5.74) is 2.14. The van der Waals surface area contributed by atoms with Gasteiger partial charge in [-0.2, -0.15) is 10.2 Å². The third-order valence-corrected chi connectivity index (χ3v) is 2.37. The minimum Gasteiger partial charge on any atom is -0.268 e. The Balaban J connectivity index is 2.03. The number of hydrogen-bond acceptors (Lipinski definition) is 6. The summed E-state index contributed by atoms with van der Waals surface area (Å²) in [5, 5.41) is 19.9. The van der Waals surface area contributed by atoms with E-state index < -0.39 is 16.4 Å². The molecule has 1 aromatic carbocycles. The van der Waals surface area contributed by atoms with E-state index in [1.165, 1.54) is 30.5 Å². The number of aromatic nitrogens is 2. The molecule has 0 saturated heterocycles. The van der Waals surface area contributed by atoms with E-state index in [2.05, 4.69) is 20.7 Å². The van der Waals surface area contributed by atoms with Gasteiger partial charge in [-0.05, 0) is 6.07 Å². The fraction of sp³-hybridized carbons (Fsp3) is 0. The maximum absolute atomic E-state index is 11.6. The van der Waals surface area contributed by atoms with Gasteiger partial charge in [0.2, 0.25) is 0 Å². The van der Waals surface area contributed by atoms with Gasteiger partial charge in [0, 0.05) is 23.8 Å². The van der Waals surface area contributed by atoms with Crippen molar-refractivity contribution in [2.24, 2.45) is 5.10 Å². The van der Waals surface area contributed by atoms with Crippen molar-refractivity contribution in [1.29, 1.82) is 0 Å². The molecule has 1 aromatic heterocycles. The first-order valence-electron chi connectivity index (χ1n) is 5.70. The molecule has 1 amide bonds. The number of carbonyl (C=O) groups excluding carboxylic acids is 1. The predicted molar refractivity (Wildman–Crippen MR) is 73.0 cm³/mol. The van der Waals surface area contributed by atoms with Gasteiger partial charge in [-0.15, -0.1) is 0 Å². The number of H-pyrrole nitrogens is 1. The van der Waals surface area contributed by atoms with Crippen LogP contribution in [0.1, 0.15) is 16.1 Å². The molecule has 0 saturated carbocycles. The summed E-state index contributed by atoms with van der Waals surface area (Å²) in [6.07, 6.45) is 1.26. The quantitative estimate of drug-likeness (QED) is 0.478. The first-order chi connectivity index (χ1) is 10.1. The normalized spacial score (nSPS) is 10.5. The van der Waals surface area contributed by atoms with Crippen LogP contribution in [0.5, 0.6) is 0 Å². The lowest BCUT2D eigenvalue weighted by Gasteiger charge is -1.97. The van der Waals surface area contributed by atoms with Gasteiger partial charge < -0.3 is 0 Å². The second-order valence-electron chi connectivity index (χ2n) is 3.86. The molecule has 0 fully saturated rings. The van der Waals surface area contributed by atoms with Crippen molar-refractivity contribution < 1.29 is 9.72 Å². The number of hydrogen-bond donors (Lipinski definition) is 2. The Kier molecular flexibility index (Phi) is 4.14. The number of benzene rings is 1. The van der Waals surface area contributed by atoms with Gasteiger partial charge in [0.25, 0.3) is 17.2 Å². The summed E-state index contributed by atoms with van der Waals surface area (Å²) >= 11 is 0. The molecule has 1 heterocycles. The Labute approximate surface area is 117 Å². The Morgan fingerprint density at radius 1 is 1.38 bits per heavy atom. The number of aromatic amines is 1. The number of hydrazone groups is 1. The summed E-state index contributed by atoms with van der Waals surface area (Å²) in [5.74, 6) is -0.618. The van der Waals surface area contributed by atoms with E-state index in [0.717, 1.165) is 6.07 Å². The highest BCUT2D eigenvalue weighted by molar-refractivity contribution is 5.92. The van der Waals surface area contributed by atoms with Crippen LogP contribution in [0, 0.1) is 10.1 Å². The zero-order valence-electron chi connectivity index (χ0n) is 10.5. The van der Waals surface area contributed by atoms with E-state index in [4.69, 9.17) is 0 Å². The predicted octanol–water partition coefficient (Wildman–Crippen LogP) is 0.442. The third kappa shape index (κ3) is 3.80. The molecule has 106 valence electrons. The smallest absolute Gasteiger partial charge is 0.268 e. The summed E-state index contributed by atoms with van der Waals surface area (Å²) < 4.78 is 0. The van der Waals surface area contributed by atoms with Gasteiger partial charge in [0.1, 0.15) is 0 Å². The van der Waals surface area contributed by atoms with E-state index in [0.29, 0.717) is 5.56 Å². The second kappa shape index (κ2) is 6.19. The largest absolute Gasteiger partial charge is 0.291 e. The number of nitrogens with zero attached hydrogens (tertiary/aromatic N) is 3. The number of rotatable bonds is 4. The zero-order chi connectivity index (χ0) is 15.2. The van der Waals surface area contributed by atoms with Gasteiger partial charge >= 0.3 is 0 Å². The van der Waals surface area contributed by atoms with Gasteiger partial charge in [-0.1, -0.05) is 12.1 Å². The van der Waals surface area contributed by atoms with Crippen LogP contribution < -0.4 is 11.0 Å². The molecule has 2 rings (SSSR count). The van der Waals surface area contributed by atoms with E-state index in [1.807, 2.05) is 0 Å². The molecule has 0 aliphatic rings. The van der Waals surface area contributed by atoms with Gasteiger partial charge in [0.05, 0.1) is 11.1 Å². The summed E-state index contributed by atoms with van der Waals surface area (Å²) in [7, 11) is 0. The molecular weight excluding hydrogens is 278 g/mol. The van der Waals surface area contributed by atoms with E-state index in [1.54, 1.807) is 6.07 Å². The number of carbonyl (C=O) groups is 1. The van der Waals surface area contributed by atoms with Crippen LogP contribution in [0.15, 0.2) is 46.3 Å². The zero-order valence-corrected chi connectivity index (χ0v) is 10.5. The highest BCUT2D eigenvalue weighted by Gasteiger charge is 2.06. The van der Waals surface area contributed by atoms with E-state index in [9.17, 15) is 19.7 Å². The molecule has 0 spiro atoms. The van der Waals surface area contributed by atoms with Crippen LogP contribution in [-0.4, -0.2) is 27.2 Å². The maximum atomic E-state index is 11.6. The highest BCUT2D eigenvalue weighted by atomic mass is 16.6. The van der Waals surface area contributed by atoms with Crippen LogP contribution in [-0.2, 0) is 0 Å². The van der Waals surface area contributed by atoms with Crippen LogP contribution in [0.4, 0.5) is 5.69 Å². The molecule has 0 aliphatic carbocycles. The Morgan fingerprint density at radius 2 is 2.19 bits per heavy atom. The third-order valence-electron chi connectivity index (χ3n) is 2.37. The monoisotopic (exact) mass is 287 g/mol. The van der Waals surface area contributed by atoms with E-state index in [-0.39, 0.29) is 11.4 Å². The minimum absolute atomic E-state index is 0.00853. The van der Waals surface area contributed by atoms with Gasteiger partial charge in [-0.25, -0.2) is 10.5 Å². The van der Waals surface area contributed by atoms with Crippen molar-refractivity contribution in [2.75, 3.05) is 0 Å². The lowest BCUT2D eigenvalue weighted by molar-refractivity contribution is -0.384. The molecule has 0 unspecified atom stereocenters.